The number of carbonyl (C=O) groups excluding carboxylic acids is 1. The number of hydrogen-bond acceptors (Lipinski definition) is 3. The van der Waals surface area contributed by atoms with Gasteiger partial charge in [0.15, 0.2) is 0 Å². The van der Waals surface area contributed by atoms with Crippen LogP contribution in [0.4, 0.5) is 5.69 Å². The molecule has 120 valence electrons. The second kappa shape index (κ2) is 5.82. The lowest BCUT2D eigenvalue weighted by atomic mass is 10.1. The number of aromatic nitrogens is 2. The molecule has 1 aromatic heterocycles. The Labute approximate surface area is 144 Å². The van der Waals surface area contributed by atoms with E-state index in [1.54, 1.807) is 24.4 Å². The van der Waals surface area contributed by atoms with Crippen molar-refractivity contribution >= 4 is 34.8 Å². The van der Waals surface area contributed by atoms with Crippen LogP contribution in [-0.4, -0.2) is 22.0 Å². The zero-order valence-corrected chi connectivity index (χ0v) is 13.9. The Hall–Kier alpha value is -1.56. The summed E-state index contributed by atoms with van der Waals surface area (Å²) in [5.74, 6) is 1.36. The number of nitrogens with one attached hydrogen (secondary N) is 2. The summed E-state index contributed by atoms with van der Waals surface area (Å²) in [4.78, 5) is 17.1. The van der Waals surface area contributed by atoms with Crippen molar-refractivity contribution < 1.29 is 4.79 Å². The fourth-order valence-electron chi connectivity index (χ4n) is 3.13. The third-order valence-corrected chi connectivity index (χ3v) is 4.97. The van der Waals surface area contributed by atoms with Crippen molar-refractivity contribution in [2.24, 2.45) is 5.92 Å². The van der Waals surface area contributed by atoms with Gasteiger partial charge < -0.3 is 15.2 Å². The van der Waals surface area contributed by atoms with Crippen LogP contribution < -0.4 is 10.6 Å². The highest BCUT2D eigenvalue weighted by Gasteiger charge is 2.37. The van der Waals surface area contributed by atoms with Crippen LogP contribution in [-0.2, 0) is 6.54 Å². The molecule has 0 unspecified atom stereocenters. The van der Waals surface area contributed by atoms with Crippen LogP contribution in [0, 0.1) is 5.92 Å². The van der Waals surface area contributed by atoms with Gasteiger partial charge in [-0.2, -0.15) is 0 Å². The minimum Gasteiger partial charge on any atom is -0.319 e. The van der Waals surface area contributed by atoms with Gasteiger partial charge in [-0.05, 0) is 37.0 Å². The predicted octanol–water partition coefficient (Wildman–Crippen LogP) is 3.50. The first kappa shape index (κ1) is 15.0. The van der Waals surface area contributed by atoms with Gasteiger partial charge in [-0.1, -0.05) is 23.2 Å². The van der Waals surface area contributed by atoms with Crippen LogP contribution in [0.25, 0.3) is 0 Å². The SMILES string of the molecule is O=C(Nc1ccc(Cl)cc1Cl)c1cnc2n1[C@@H](C1CC1)CNC2. The summed E-state index contributed by atoms with van der Waals surface area (Å²) in [6, 6.07) is 5.33. The number of hydrogen-bond donors (Lipinski definition) is 2. The highest BCUT2D eigenvalue weighted by molar-refractivity contribution is 6.36. The number of carbonyl (C=O) groups is 1. The molecule has 23 heavy (non-hydrogen) atoms. The lowest BCUT2D eigenvalue weighted by Crippen LogP contribution is -2.36. The van der Waals surface area contributed by atoms with Crippen LogP contribution in [0.15, 0.2) is 24.4 Å². The van der Waals surface area contributed by atoms with Crippen molar-refractivity contribution in [2.75, 3.05) is 11.9 Å². The van der Waals surface area contributed by atoms with Crippen LogP contribution >= 0.6 is 23.2 Å². The van der Waals surface area contributed by atoms with E-state index in [9.17, 15) is 4.79 Å². The minimum absolute atomic E-state index is 0.194. The second-order valence-electron chi connectivity index (χ2n) is 6.04. The fourth-order valence-corrected chi connectivity index (χ4v) is 3.58. The molecular weight excluding hydrogens is 335 g/mol. The van der Waals surface area contributed by atoms with E-state index in [1.807, 2.05) is 0 Å². The second-order valence-corrected chi connectivity index (χ2v) is 6.89. The third kappa shape index (κ3) is 2.84. The van der Waals surface area contributed by atoms with Crippen molar-refractivity contribution in [3.05, 3.63) is 46.0 Å². The Bertz CT molecular complexity index is 769. The number of nitrogens with zero attached hydrogens (tertiary/aromatic N) is 2. The molecule has 2 heterocycles. The van der Waals surface area contributed by atoms with Gasteiger partial charge in [0.05, 0.1) is 29.5 Å². The largest absolute Gasteiger partial charge is 0.319 e. The molecule has 4 rings (SSSR count). The Morgan fingerprint density at radius 2 is 2.17 bits per heavy atom. The van der Waals surface area contributed by atoms with Crippen molar-refractivity contribution in [1.29, 1.82) is 0 Å². The van der Waals surface area contributed by atoms with Crippen molar-refractivity contribution in [3.8, 4) is 0 Å². The maximum absolute atomic E-state index is 12.7. The summed E-state index contributed by atoms with van der Waals surface area (Å²) in [6.07, 6.45) is 4.08. The fraction of sp³-hybridized carbons (Fsp3) is 0.375. The average molecular weight is 351 g/mol. The van der Waals surface area contributed by atoms with E-state index in [-0.39, 0.29) is 5.91 Å². The number of fused-ring (bicyclic) bond motifs is 1. The van der Waals surface area contributed by atoms with Gasteiger partial charge in [0.25, 0.3) is 5.91 Å². The van der Waals surface area contributed by atoms with Crippen LogP contribution in [0.5, 0.6) is 0 Å². The average Bonchev–Trinajstić information content (AvgIpc) is 3.28. The Morgan fingerprint density at radius 3 is 2.91 bits per heavy atom. The van der Waals surface area contributed by atoms with Gasteiger partial charge in [-0.15, -0.1) is 0 Å². The molecule has 1 saturated carbocycles. The monoisotopic (exact) mass is 350 g/mol. The van der Waals surface area contributed by atoms with E-state index < -0.39 is 0 Å². The molecule has 1 aromatic carbocycles. The van der Waals surface area contributed by atoms with Gasteiger partial charge in [-0.3, -0.25) is 4.79 Å². The lowest BCUT2D eigenvalue weighted by molar-refractivity contribution is 0.101. The Morgan fingerprint density at radius 1 is 1.35 bits per heavy atom. The van der Waals surface area contributed by atoms with E-state index in [4.69, 9.17) is 23.2 Å². The zero-order chi connectivity index (χ0) is 16.0. The number of halogens is 2. The van der Waals surface area contributed by atoms with Crippen LogP contribution in [0.1, 0.15) is 35.2 Å². The molecule has 5 nitrogen and oxygen atoms in total. The van der Waals surface area contributed by atoms with Crippen molar-refractivity contribution in [3.63, 3.8) is 0 Å². The van der Waals surface area contributed by atoms with Gasteiger partial charge in [-0.25, -0.2) is 4.98 Å². The molecule has 1 atom stereocenters. The number of amides is 1. The first-order valence-electron chi connectivity index (χ1n) is 7.66. The Kier molecular flexibility index (Phi) is 3.79. The van der Waals surface area contributed by atoms with Gasteiger partial charge >= 0.3 is 0 Å². The zero-order valence-electron chi connectivity index (χ0n) is 12.4. The molecule has 0 bridgehead atoms. The maximum Gasteiger partial charge on any atom is 0.273 e. The highest BCUT2D eigenvalue weighted by Crippen LogP contribution is 2.41. The van der Waals surface area contributed by atoms with Gasteiger partial charge in [0.1, 0.15) is 11.5 Å². The van der Waals surface area contributed by atoms with E-state index in [1.165, 1.54) is 12.8 Å². The standard InChI is InChI=1S/C16H16Cl2N4O/c17-10-3-4-12(11(18)5-10)21-16(23)14-7-20-15-8-19-6-13(22(14)15)9-1-2-9/h3-5,7,9,13,19H,1-2,6,8H2,(H,21,23)/t13-/m1/s1. The molecular formula is C16H16Cl2N4O. The van der Waals surface area contributed by atoms with Gasteiger partial charge in [0.2, 0.25) is 0 Å². The third-order valence-electron chi connectivity index (χ3n) is 4.42. The molecule has 0 spiro atoms. The molecule has 1 aliphatic carbocycles. The highest BCUT2D eigenvalue weighted by atomic mass is 35.5. The number of benzene rings is 1. The number of imidazole rings is 1. The molecule has 1 amide bonds. The summed E-state index contributed by atoms with van der Waals surface area (Å²) < 4.78 is 2.09. The van der Waals surface area contributed by atoms with E-state index in [0.717, 1.165) is 12.4 Å². The van der Waals surface area contributed by atoms with E-state index in [0.29, 0.717) is 39.9 Å². The van der Waals surface area contributed by atoms with Crippen molar-refractivity contribution in [1.82, 2.24) is 14.9 Å². The summed E-state index contributed by atoms with van der Waals surface area (Å²) in [5.41, 5.74) is 1.14. The molecule has 7 heteroatoms. The normalized spacial score (nSPS) is 20.2. The molecule has 2 N–H and O–H groups in total. The molecule has 0 radical (unpaired) electrons. The van der Waals surface area contributed by atoms with E-state index in [2.05, 4.69) is 20.2 Å². The topological polar surface area (TPSA) is 59.0 Å². The summed E-state index contributed by atoms with van der Waals surface area (Å²) >= 11 is 12.0. The summed E-state index contributed by atoms with van der Waals surface area (Å²) in [6.45, 7) is 1.58. The summed E-state index contributed by atoms with van der Waals surface area (Å²) in [7, 11) is 0. The minimum atomic E-state index is -0.194. The van der Waals surface area contributed by atoms with E-state index >= 15 is 0 Å². The molecule has 0 saturated heterocycles. The number of rotatable bonds is 3. The quantitative estimate of drug-likeness (QED) is 0.890. The molecule has 1 fully saturated rings. The Balaban J connectivity index is 1.63. The smallest absolute Gasteiger partial charge is 0.273 e. The summed E-state index contributed by atoms with van der Waals surface area (Å²) in [5, 5.41) is 7.20. The van der Waals surface area contributed by atoms with Crippen LogP contribution in [0.3, 0.4) is 0 Å². The van der Waals surface area contributed by atoms with Crippen LogP contribution in [0.2, 0.25) is 10.0 Å². The maximum atomic E-state index is 12.7. The first-order valence-corrected chi connectivity index (χ1v) is 8.42. The number of anilines is 1. The molecule has 1 aliphatic heterocycles. The van der Waals surface area contributed by atoms with Gasteiger partial charge in [0, 0.05) is 11.6 Å². The molecule has 2 aromatic rings. The molecule has 2 aliphatic rings. The first-order chi connectivity index (χ1) is 11.1. The van der Waals surface area contributed by atoms with Crippen molar-refractivity contribution in [2.45, 2.75) is 25.4 Å². The predicted molar refractivity (Wildman–Crippen MR) is 90.1 cm³/mol. The lowest BCUT2D eigenvalue weighted by Gasteiger charge is -2.27.